The fourth-order valence-corrected chi connectivity index (χ4v) is 3.44. The van der Waals surface area contributed by atoms with E-state index in [4.69, 9.17) is 4.74 Å². The Balaban J connectivity index is 1.79. The molecule has 0 spiro atoms. The highest BCUT2D eigenvalue weighted by molar-refractivity contribution is 6.04. The average Bonchev–Trinajstić information content (AvgIpc) is 3.37. The van der Waals surface area contributed by atoms with Gasteiger partial charge in [-0.3, -0.25) is 19.4 Å². The lowest BCUT2D eigenvalue weighted by Crippen LogP contribution is -2.29. The van der Waals surface area contributed by atoms with E-state index in [2.05, 4.69) is 20.5 Å². The number of fused-ring (bicyclic) bond motifs is 1. The molecule has 1 aromatic carbocycles. The second-order valence-electron chi connectivity index (χ2n) is 7.17. The molecule has 1 amide bonds. The molecular weight excluding hydrogens is 441 g/mol. The summed E-state index contributed by atoms with van der Waals surface area (Å²) in [5.74, 6) is -0.659. The number of carbonyl (C=O) groups is 1. The van der Waals surface area contributed by atoms with E-state index in [-0.39, 0.29) is 28.3 Å². The summed E-state index contributed by atoms with van der Waals surface area (Å²) in [6, 6.07) is 9.32. The number of aryl methyl sites for hydroxylation is 1. The van der Waals surface area contributed by atoms with Gasteiger partial charge in [-0.25, -0.2) is 4.98 Å². The van der Waals surface area contributed by atoms with Gasteiger partial charge in [0.25, 0.3) is 11.5 Å². The van der Waals surface area contributed by atoms with E-state index >= 15 is 0 Å². The number of benzene rings is 1. The van der Waals surface area contributed by atoms with Gasteiger partial charge in [-0.05, 0) is 12.5 Å². The van der Waals surface area contributed by atoms with Crippen LogP contribution in [-0.2, 0) is 17.5 Å². The van der Waals surface area contributed by atoms with Crippen molar-refractivity contribution >= 4 is 17.4 Å². The summed E-state index contributed by atoms with van der Waals surface area (Å²) in [6.07, 6.45) is -3.17. The number of nitrogens with zero attached hydrogens (tertiary/aromatic N) is 4. The molecule has 3 heterocycles. The third-order valence-corrected chi connectivity index (χ3v) is 4.94. The van der Waals surface area contributed by atoms with Crippen LogP contribution in [0.15, 0.2) is 47.4 Å². The number of aromatic nitrogens is 5. The first-order chi connectivity index (χ1) is 15.7. The minimum Gasteiger partial charge on any atom is -0.383 e. The molecule has 0 aliphatic rings. The molecule has 0 radical (unpaired) electrons. The van der Waals surface area contributed by atoms with Crippen molar-refractivity contribution in [3.05, 3.63) is 69.9 Å². The van der Waals surface area contributed by atoms with Gasteiger partial charge in [0.05, 0.1) is 24.4 Å². The molecule has 2 N–H and O–H groups in total. The number of H-pyrrole nitrogens is 1. The highest BCUT2D eigenvalue weighted by Gasteiger charge is 2.38. The summed E-state index contributed by atoms with van der Waals surface area (Å²) in [5, 5.41) is 8.72. The summed E-state index contributed by atoms with van der Waals surface area (Å²) in [6.45, 7) is 2.25. The second kappa shape index (κ2) is 8.54. The van der Waals surface area contributed by atoms with Crippen molar-refractivity contribution in [2.75, 3.05) is 19.0 Å². The van der Waals surface area contributed by atoms with Gasteiger partial charge in [-0.1, -0.05) is 30.3 Å². The lowest BCUT2D eigenvalue weighted by molar-refractivity contribution is -0.140. The van der Waals surface area contributed by atoms with E-state index in [9.17, 15) is 22.8 Å². The van der Waals surface area contributed by atoms with Gasteiger partial charge in [0, 0.05) is 19.4 Å². The molecule has 0 saturated heterocycles. The minimum absolute atomic E-state index is 0.0128. The van der Waals surface area contributed by atoms with Crippen molar-refractivity contribution in [1.29, 1.82) is 0 Å². The van der Waals surface area contributed by atoms with Crippen molar-refractivity contribution in [2.45, 2.75) is 19.6 Å². The number of methoxy groups -OCH3 is 1. The standard InChI is InChI=1S/C21H19F3N6O3/c1-12-15(19(31)26-14-8-9-29(27-14)10-11-33-2)20(32)30-18(25-12)16(13-6-4-3-5-7-13)17(28-30)21(22,23)24/h3-9,28H,10-11H2,1-2H3,(H,26,27,31). The molecule has 0 bridgehead atoms. The number of alkyl halides is 3. The molecule has 0 aliphatic carbocycles. The third-order valence-electron chi connectivity index (χ3n) is 4.94. The van der Waals surface area contributed by atoms with Crippen LogP contribution in [0.1, 0.15) is 21.7 Å². The number of aromatic amines is 1. The van der Waals surface area contributed by atoms with Gasteiger partial charge < -0.3 is 10.1 Å². The van der Waals surface area contributed by atoms with Crippen molar-refractivity contribution in [3.8, 4) is 11.1 Å². The first-order valence-electron chi connectivity index (χ1n) is 9.82. The van der Waals surface area contributed by atoms with Crippen LogP contribution in [0.3, 0.4) is 0 Å². The number of amides is 1. The van der Waals surface area contributed by atoms with Crippen LogP contribution in [0.2, 0.25) is 0 Å². The largest absolute Gasteiger partial charge is 0.433 e. The van der Waals surface area contributed by atoms with Gasteiger partial charge in [0.2, 0.25) is 0 Å². The Morgan fingerprint density at radius 2 is 1.94 bits per heavy atom. The predicted molar refractivity (Wildman–Crippen MR) is 113 cm³/mol. The maximum Gasteiger partial charge on any atom is 0.433 e. The first kappa shape index (κ1) is 22.3. The number of halogens is 3. The van der Waals surface area contributed by atoms with Gasteiger partial charge in [-0.15, -0.1) is 0 Å². The van der Waals surface area contributed by atoms with Crippen LogP contribution in [0, 0.1) is 6.92 Å². The van der Waals surface area contributed by atoms with E-state index in [1.165, 1.54) is 29.8 Å². The molecule has 12 heteroatoms. The van der Waals surface area contributed by atoms with Crippen LogP contribution < -0.4 is 10.9 Å². The molecule has 0 saturated carbocycles. The van der Waals surface area contributed by atoms with Gasteiger partial charge in [0.1, 0.15) is 11.3 Å². The van der Waals surface area contributed by atoms with Crippen molar-refractivity contribution in [1.82, 2.24) is 24.4 Å². The zero-order valence-electron chi connectivity index (χ0n) is 17.6. The number of ether oxygens (including phenoxy) is 1. The zero-order valence-corrected chi connectivity index (χ0v) is 17.6. The molecular formula is C21H19F3N6O3. The van der Waals surface area contributed by atoms with E-state index < -0.39 is 28.9 Å². The number of hydrogen-bond donors (Lipinski definition) is 2. The van der Waals surface area contributed by atoms with Crippen LogP contribution in [0.5, 0.6) is 0 Å². The highest BCUT2D eigenvalue weighted by atomic mass is 19.4. The fraction of sp³-hybridized carbons (Fsp3) is 0.238. The predicted octanol–water partition coefficient (Wildman–Crippen LogP) is 3.11. The Morgan fingerprint density at radius 1 is 1.21 bits per heavy atom. The number of carbonyl (C=O) groups excluding carboxylic acids is 1. The van der Waals surface area contributed by atoms with E-state index in [1.807, 2.05) is 0 Å². The molecule has 4 aromatic rings. The SMILES string of the molecule is COCCn1ccc(NC(=O)c2c(C)nc3c(-c4ccccc4)c(C(F)(F)F)[nH]n3c2=O)n1. The number of nitrogens with one attached hydrogen (secondary N) is 2. The Morgan fingerprint density at radius 3 is 2.61 bits per heavy atom. The minimum atomic E-state index is -4.78. The van der Waals surface area contributed by atoms with Crippen LogP contribution in [-0.4, -0.2) is 44.0 Å². The van der Waals surface area contributed by atoms with Crippen molar-refractivity contribution < 1.29 is 22.7 Å². The maximum absolute atomic E-state index is 13.8. The zero-order chi connectivity index (χ0) is 23.8. The normalized spacial score (nSPS) is 11.8. The highest BCUT2D eigenvalue weighted by Crippen LogP contribution is 2.38. The average molecular weight is 460 g/mol. The van der Waals surface area contributed by atoms with Crippen LogP contribution in [0.25, 0.3) is 16.8 Å². The fourth-order valence-electron chi connectivity index (χ4n) is 3.44. The van der Waals surface area contributed by atoms with Gasteiger partial charge in [0.15, 0.2) is 11.5 Å². The quantitative estimate of drug-likeness (QED) is 0.460. The Bertz CT molecular complexity index is 1370. The van der Waals surface area contributed by atoms with Crippen molar-refractivity contribution in [3.63, 3.8) is 0 Å². The molecule has 0 unspecified atom stereocenters. The summed E-state index contributed by atoms with van der Waals surface area (Å²) >= 11 is 0. The molecule has 0 aliphatic heterocycles. The maximum atomic E-state index is 13.8. The van der Waals surface area contributed by atoms with Crippen LogP contribution >= 0.6 is 0 Å². The topological polar surface area (TPSA) is 106 Å². The summed E-state index contributed by atoms with van der Waals surface area (Å²) in [4.78, 5) is 30.1. The van der Waals surface area contributed by atoms with Crippen molar-refractivity contribution in [2.24, 2.45) is 0 Å². The Kier molecular flexibility index (Phi) is 5.77. The van der Waals surface area contributed by atoms with E-state index in [1.54, 1.807) is 31.5 Å². The van der Waals surface area contributed by atoms with E-state index in [0.717, 1.165) is 0 Å². The van der Waals surface area contributed by atoms with Gasteiger partial charge in [-0.2, -0.15) is 22.8 Å². The third kappa shape index (κ3) is 4.24. The lowest BCUT2D eigenvalue weighted by Gasteiger charge is -2.07. The monoisotopic (exact) mass is 460 g/mol. The smallest absolute Gasteiger partial charge is 0.383 e. The second-order valence-corrected chi connectivity index (χ2v) is 7.17. The molecule has 33 heavy (non-hydrogen) atoms. The molecule has 3 aromatic heterocycles. The lowest BCUT2D eigenvalue weighted by atomic mass is 10.1. The number of hydrogen-bond acceptors (Lipinski definition) is 5. The van der Waals surface area contributed by atoms with Gasteiger partial charge >= 0.3 is 6.18 Å². The Hall–Kier alpha value is -3.93. The summed E-state index contributed by atoms with van der Waals surface area (Å²) < 4.78 is 48.4. The summed E-state index contributed by atoms with van der Waals surface area (Å²) in [7, 11) is 1.54. The molecule has 0 fully saturated rings. The summed E-state index contributed by atoms with van der Waals surface area (Å²) in [5.41, 5.74) is -2.76. The molecule has 172 valence electrons. The first-order valence-corrected chi connectivity index (χ1v) is 9.82. The van der Waals surface area contributed by atoms with E-state index in [0.29, 0.717) is 17.7 Å². The van der Waals surface area contributed by atoms with Crippen LogP contribution in [0.4, 0.5) is 19.0 Å². The molecule has 0 atom stereocenters. The molecule has 9 nitrogen and oxygen atoms in total. The number of anilines is 1. The Labute approximate surface area is 184 Å². The molecule has 4 rings (SSSR count). The number of rotatable bonds is 6.